The number of fused-ring (bicyclic) bond motifs is 2. The standard InChI is InChI=1S/C23H26ClF3N4O/c1-3-5-18(19(6-4-2)23(25,26)27)14-9-15-11-30(12-16(15)10-14)22(32)21-29-28-20-8-7-17(24)13-31(20)21/h3,5,7-8,13-16H,4,6,9-12H2,1-2H3/b5-3-,19-18-/t14?,15-,16+. The molecule has 3 heterocycles. The van der Waals surface area contributed by atoms with Crippen LogP contribution < -0.4 is 0 Å². The lowest BCUT2D eigenvalue weighted by Gasteiger charge is -2.23. The van der Waals surface area contributed by atoms with Gasteiger partial charge in [-0.25, -0.2) is 0 Å². The summed E-state index contributed by atoms with van der Waals surface area (Å²) in [6.45, 7) is 4.57. The Bertz CT molecular complexity index is 1060. The number of hydrogen-bond donors (Lipinski definition) is 0. The van der Waals surface area contributed by atoms with E-state index in [1.165, 1.54) is 0 Å². The Morgan fingerprint density at radius 2 is 1.91 bits per heavy atom. The molecule has 2 aromatic heterocycles. The van der Waals surface area contributed by atoms with E-state index < -0.39 is 11.7 Å². The molecule has 2 aromatic rings. The number of aromatic nitrogens is 3. The number of nitrogens with zero attached hydrogens (tertiary/aromatic N) is 4. The third-order valence-electron chi connectivity index (χ3n) is 6.57. The van der Waals surface area contributed by atoms with Gasteiger partial charge in [0.2, 0.25) is 5.82 Å². The summed E-state index contributed by atoms with van der Waals surface area (Å²) in [6.07, 6.45) is 2.42. The minimum atomic E-state index is -4.32. The molecule has 1 aliphatic carbocycles. The first kappa shape index (κ1) is 22.8. The molecule has 1 saturated heterocycles. The second kappa shape index (κ2) is 8.89. The zero-order valence-electron chi connectivity index (χ0n) is 18.1. The maximum atomic E-state index is 13.7. The van der Waals surface area contributed by atoms with Gasteiger partial charge < -0.3 is 4.90 Å². The molecule has 1 unspecified atom stereocenters. The van der Waals surface area contributed by atoms with Gasteiger partial charge in [-0.05, 0) is 61.6 Å². The summed E-state index contributed by atoms with van der Waals surface area (Å²) in [5, 5.41) is 8.54. The largest absolute Gasteiger partial charge is 0.412 e. The quantitative estimate of drug-likeness (QED) is 0.530. The molecule has 172 valence electrons. The molecule has 2 fully saturated rings. The van der Waals surface area contributed by atoms with E-state index >= 15 is 0 Å². The number of pyridine rings is 1. The Morgan fingerprint density at radius 3 is 2.50 bits per heavy atom. The predicted molar refractivity (Wildman–Crippen MR) is 116 cm³/mol. The van der Waals surface area contributed by atoms with Crippen molar-refractivity contribution in [2.75, 3.05) is 13.1 Å². The van der Waals surface area contributed by atoms with Crippen LogP contribution in [0.1, 0.15) is 50.1 Å². The first-order valence-electron chi connectivity index (χ1n) is 10.9. The molecule has 1 saturated carbocycles. The van der Waals surface area contributed by atoms with Gasteiger partial charge >= 0.3 is 6.18 Å². The summed E-state index contributed by atoms with van der Waals surface area (Å²) in [7, 11) is 0. The molecule has 3 atom stereocenters. The highest BCUT2D eigenvalue weighted by atomic mass is 35.5. The fraction of sp³-hybridized carbons (Fsp3) is 0.522. The van der Waals surface area contributed by atoms with E-state index in [9.17, 15) is 18.0 Å². The lowest BCUT2D eigenvalue weighted by molar-refractivity contribution is -0.0951. The maximum Gasteiger partial charge on any atom is 0.412 e. The van der Waals surface area contributed by atoms with E-state index in [1.807, 2.05) is 0 Å². The van der Waals surface area contributed by atoms with Crippen molar-refractivity contribution in [1.82, 2.24) is 19.5 Å². The van der Waals surface area contributed by atoms with Crippen molar-refractivity contribution in [2.24, 2.45) is 17.8 Å². The van der Waals surface area contributed by atoms with Crippen LogP contribution in [0.4, 0.5) is 13.2 Å². The summed E-state index contributed by atoms with van der Waals surface area (Å²) in [5.74, 6) is 0.216. The highest BCUT2D eigenvalue weighted by molar-refractivity contribution is 6.30. The molecular weight excluding hydrogens is 441 g/mol. The van der Waals surface area contributed by atoms with Crippen LogP contribution >= 0.6 is 11.6 Å². The highest BCUT2D eigenvalue weighted by Gasteiger charge is 2.46. The van der Waals surface area contributed by atoms with Crippen LogP contribution in [0, 0.1) is 17.8 Å². The van der Waals surface area contributed by atoms with E-state index in [2.05, 4.69) is 10.2 Å². The molecule has 0 bridgehead atoms. The van der Waals surface area contributed by atoms with Crippen molar-refractivity contribution in [3.63, 3.8) is 0 Å². The van der Waals surface area contributed by atoms with Crippen LogP contribution in [0.15, 0.2) is 41.6 Å². The van der Waals surface area contributed by atoms with Crippen molar-refractivity contribution < 1.29 is 18.0 Å². The number of carbonyl (C=O) groups is 1. The average molecular weight is 467 g/mol. The van der Waals surface area contributed by atoms with Crippen LogP contribution in [0.3, 0.4) is 0 Å². The Hall–Kier alpha value is -2.35. The fourth-order valence-electron chi connectivity index (χ4n) is 5.23. The summed E-state index contributed by atoms with van der Waals surface area (Å²) in [4.78, 5) is 14.8. The van der Waals surface area contributed by atoms with E-state index in [4.69, 9.17) is 11.6 Å². The van der Waals surface area contributed by atoms with Gasteiger partial charge in [-0.2, -0.15) is 13.2 Å². The van der Waals surface area contributed by atoms with Crippen LogP contribution in [0.25, 0.3) is 5.65 Å². The van der Waals surface area contributed by atoms with Crippen molar-refractivity contribution >= 4 is 23.2 Å². The SMILES string of the molecule is C/C=C\C(=C(/CCC)C(F)(F)F)C1C[C@@H]2CN(C(=O)c3nnc4ccc(Cl)cn34)C[C@@H]2C1. The second-order valence-electron chi connectivity index (χ2n) is 8.68. The molecule has 0 aromatic carbocycles. The molecule has 2 aliphatic rings. The zero-order valence-corrected chi connectivity index (χ0v) is 18.8. The van der Waals surface area contributed by atoms with Crippen molar-refractivity contribution in [3.8, 4) is 0 Å². The minimum Gasteiger partial charge on any atom is -0.335 e. The topological polar surface area (TPSA) is 50.5 Å². The maximum absolute atomic E-state index is 13.7. The molecule has 0 radical (unpaired) electrons. The average Bonchev–Trinajstić information content (AvgIpc) is 3.42. The second-order valence-corrected chi connectivity index (χ2v) is 9.12. The highest BCUT2D eigenvalue weighted by Crippen LogP contribution is 2.47. The van der Waals surface area contributed by atoms with Gasteiger partial charge in [0.1, 0.15) is 0 Å². The Labute approximate surface area is 189 Å². The van der Waals surface area contributed by atoms with Gasteiger partial charge in [0, 0.05) is 24.9 Å². The minimum absolute atomic E-state index is 0.0299. The molecule has 0 N–H and O–H groups in total. The molecule has 9 heteroatoms. The van der Waals surface area contributed by atoms with Gasteiger partial charge in [0.05, 0.1) is 5.02 Å². The third kappa shape index (κ3) is 4.29. The van der Waals surface area contributed by atoms with Crippen molar-refractivity contribution in [2.45, 2.75) is 45.7 Å². The summed E-state index contributed by atoms with van der Waals surface area (Å²) in [6, 6.07) is 3.38. The lowest BCUT2D eigenvalue weighted by Crippen LogP contribution is -2.31. The molecule has 4 rings (SSSR count). The summed E-state index contributed by atoms with van der Waals surface area (Å²) in [5.41, 5.74) is 0.559. The number of amides is 1. The van der Waals surface area contributed by atoms with Crippen LogP contribution in [-0.4, -0.2) is 44.7 Å². The number of allylic oxidation sites excluding steroid dienone is 4. The Morgan fingerprint density at radius 1 is 1.22 bits per heavy atom. The molecule has 5 nitrogen and oxygen atoms in total. The summed E-state index contributed by atoms with van der Waals surface area (Å²) >= 11 is 6.05. The van der Waals surface area contributed by atoms with E-state index in [0.717, 1.165) is 0 Å². The van der Waals surface area contributed by atoms with E-state index in [-0.39, 0.29) is 35.9 Å². The first-order chi connectivity index (χ1) is 15.2. The van der Waals surface area contributed by atoms with Crippen LogP contribution in [-0.2, 0) is 0 Å². The smallest absolute Gasteiger partial charge is 0.335 e. The molecule has 1 amide bonds. The number of hydrogen-bond acceptors (Lipinski definition) is 3. The fourth-order valence-corrected chi connectivity index (χ4v) is 5.39. The van der Waals surface area contributed by atoms with Gasteiger partial charge in [-0.1, -0.05) is 37.1 Å². The normalized spacial score (nSPS) is 24.4. The molecule has 0 spiro atoms. The third-order valence-corrected chi connectivity index (χ3v) is 6.80. The predicted octanol–water partition coefficient (Wildman–Crippen LogP) is 5.72. The van der Waals surface area contributed by atoms with Gasteiger partial charge in [0.25, 0.3) is 5.91 Å². The summed E-state index contributed by atoms with van der Waals surface area (Å²) < 4.78 is 42.8. The number of alkyl halides is 3. The number of likely N-dealkylation sites (tertiary alicyclic amines) is 1. The number of rotatable bonds is 5. The first-order valence-corrected chi connectivity index (χ1v) is 11.3. The number of halogens is 4. The van der Waals surface area contributed by atoms with Crippen molar-refractivity contribution in [3.05, 3.63) is 52.5 Å². The lowest BCUT2D eigenvalue weighted by atomic mass is 9.88. The van der Waals surface area contributed by atoms with E-state index in [0.29, 0.717) is 48.6 Å². The van der Waals surface area contributed by atoms with Gasteiger partial charge in [0.15, 0.2) is 5.65 Å². The monoisotopic (exact) mass is 466 g/mol. The molecular formula is C23H26ClF3N4O. The van der Waals surface area contributed by atoms with Gasteiger partial charge in [-0.15, -0.1) is 10.2 Å². The molecule has 32 heavy (non-hydrogen) atoms. The van der Waals surface area contributed by atoms with E-state index in [1.54, 1.807) is 53.6 Å². The number of carbonyl (C=O) groups excluding carboxylic acids is 1. The molecule has 1 aliphatic heterocycles. The zero-order chi connectivity index (χ0) is 23.0. The Kier molecular flexibility index (Phi) is 6.34. The van der Waals surface area contributed by atoms with Crippen molar-refractivity contribution in [1.29, 1.82) is 0 Å². The van der Waals surface area contributed by atoms with Gasteiger partial charge in [-0.3, -0.25) is 9.20 Å². The van der Waals surface area contributed by atoms with Crippen LogP contribution in [0.2, 0.25) is 5.02 Å². The van der Waals surface area contributed by atoms with Crippen LogP contribution in [0.5, 0.6) is 0 Å². The Balaban J connectivity index is 1.52.